The van der Waals surface area contributed by atoms with E-state index >= 15 is 0 Å². The lowest BCUT2D eigenvalue weighted by Crippen LogP contribution is -2.41. The molecule has 1 saturated carbocycles. The third-order valence-corrected chi connectivity index (χ3v) is 5.15. The van der Waals surface area contributed by atoms with Gasteiger partial charge in [-0.3, -0.25) is 4.99 Å². The first-order valence-electron chi connectivity index (χ1n) is 9.60. The van der Waals surface area contributed by atoms with Gasteiger partial charge in [0.05, 0.1) is 12.7 Å². The molecule has 1 aliphatic heterocycles. The van der Waals surface area contributed by atoms with Crippen LogP contribution in [0.2, 0.25) is 0 Å². The van der Waals surface area contributed by atoms with Crippen molar-refractivity contribution in [2.45, 2.75) is 58.0 Å². The van der Waals surface area contributed by atoms with Crippen molar-refractivity contribution in [3.05, 3.63) is 0 Å². The average molecular weight is 452 g/mol. The zero-order valence-electron chi connectivity index (χ0n) is 15.6. The fourth-order valence-electron chi connectivity index (χ4n) is 3.63. The van der Waals surface area contributed by atoms with Gasteiger partial charge >= 0.3 is 0 Å². The summed E-state index contributed by atoms with van der Waals surface area (Å²) < 4.78 is 6.01. The van der Waals surface area contributed by atoms with Crippen LogP contribution in [0.1, 0.15) is 51.9 Å². The number of aliphatic imine (C=N–C) groups is 1. The predicted octanol–water partition coefficient (Wildman–Crippen LogP) is 2.85. The zero-order chi connectivity index (χ0) is 16.3. The van der Waals surface area contributed by atoms with E-state index in [1.165, 1.54) is 64.6 Å². The van der Waals surface area contributed by atoms with E-state index in [2.05, 4.69) is 27.4 Å². The highest BCUT2D eigenvalue weighted by Crippen LogP contribution is 2.19. The smallest absolute Gasteiger partial charge is 0.191 e. The highest BCUT2D eigenvalue weighted by atomic mass is 127. The van der Waals surface area contributed by atoms with Gasteiger partial charge in [0.15, 0.2) is 5.96 Å². The topological polar surface area (TPSA) is 48.9 Å². The van der Waals surface area contributed by atoms with Crippen molar-refractivity contribution < 1.29 is 4.74 Å². The molecule has 1 aliphatic carbocycles. The first kappa shape index (κ1) is 22.0. The minimum atomic E-state index is 0. The van der Waals surface area contributed by atoms with E-state index in [9.17, 15) is 0 Å². The molecular formula is C18H37IN4O. The largest absolute Gasteiger partial charge is 0.376 e. The second-order valence-corrected chi connectivity index (χ2v) is 6.91. The average Bonchev–Trinajstić information content (AvgIpc) is 2.88. The van der Waals surface area contributed by atoms with Crippen LogP contribution < -0.4 is 10.6 Å². The van der Waals surface area contributed by atoms with E-state index in [1.807, 2.05) is 7.05 Å². The van der Waals surface area contributed by atoms with Crippen molar-refractivity contribution in [2.75, 3.05) is 46.4 Å². The molecule has 2 aliphatic rings. The Bertz CT molecular complexity index is 346. The normalized spacial score (nSPS) is 23.6. The number of ether oxygens (including phenoxy) is 1. The lowest BCUT2D eigenvalue weighted by molar-refractivity contribution is 0.0468. The van der Waals surface area contributed by atoms with Gasteiger partial charge in [0.1, 0.15) is 0 Å². The Morgan fingerprint density at radius 2 is 1.88 bits per heavy atom. The fraction of sp³-hybridized carbons (Fsp3) is 0.944. The summed E-state index contributed by atoms with van der Waals surface area (Å²) in [6.45, 7) is 8.49. The summed E-state index contributed by atoms with van der Waals surface area (Å²) in [7, 11) is 1.84. The van der Waals surface area contributed by atoms with Crippen LogP contribution in [0.25, 0.3) is 0 Å². The van der Waals surface area contributed by atoms with Gasteiger partial charge in [-0.05, 0) is 38.3 Å². The third-order valence-electron chi connectivity index (χ3n) is 5.15. The van der Waals surface area contributed by atoms with Crippen molar-refractivity contribution in [3.63, 3.8) is 0 Å². The number of hydrogen-bond acceptors (Lipinski definition) is 3. The van der Waals surface area contributed by atoms with Gasteiger partial charge in [0, 0.05) is 26.7 Å². The van der Waals surface area contributed by atoms with Crippen LogP contribution in [-0.2, 0) is 4.74 Å². The highest BCUT2D eigenvalue weighted by molar-refractivity contribution is 14.0. The number of rotatable bonds is 7. The molecule has 1 atom stereocenters. The molecule has 2 N–H and O–H groups in total. The zero-order valence-corrected chi connectivity index (χ0v) is 17.9. The molecule has 1 heterocycles. The summed E-state index contributed by atoms with van der Waals surface area (Å²) in [6.07, 6.45) is 9.67. The van der Waals surface area contributed by atoms with E-state index < -0.39 is 0 Å². The molecule has 2 rings (SSSR count). The van der Waals surface area contributed by atoms with Gasteiger partial charge in [-0.25, -0.2) is 0 Å². The second-order valence-electron chi connectivity index (χ2n) is 6.91. The number of likely N-dealkylation sites (tertiary alicyclic amines) is 1. The predicted molar refractivity (Wildman–Crippen MR) is 112 cm³/mol. The van der Waals surface area contributed by atoms with Crippen LogP contribution in [0.5, 0.6) is 0 Å². The van der Waals surface area contributed by atoms with E-state index in [0.717, 1.165) is 31.6 Å². The molecule has 1 unspecified atom stereocenters. The lowest BCUT2D eigenvalue weighted by Gasteiger charge is -2.18. The molecule has 2 fully saturated rings. The molecule has 0 aromatic rings. The molecule has 0 aromatic heterocycles. The second kappa shape index (κ2) is 13.2. The van der Waals surface area contributed by atoms with Gasteiger partial charge in [0.25, 0.3) is 0 Å². The van der Waals surface area contributed by atoms with E-state index in [1.54, 1.807) is 0 Å². The molecule has 24 heavy (non-hydrogen) atoms. The maximum absolute atomic E-state index is 6.01. The minimum Gasteiger partial charge on any atom is -0.376 e. The Labute approximate surface area is 165 Å². The first-order valence-corrected chi connectivity index (χ1v) is 9.60. The van der Waals surface area contributed by atoms with Crippen molar-refractivity contribution in [3.8, 4) is 0 Å². The van der Waals surface area contributed by atoms with Gasteiger partial charge in [-0.15, -0.1) is 24.0 Å². The monoisotopic (exact) mass is 452 g/mol. The molecule has 0 amide bonds. The first-order chi connectivity index (χ1) is 11.3. The number of hydrogen-bond donors (Lipinski definition) is 2. The van der Waals surface area contributed by atoms with E-state index in [-0.39, 0.29) is 24.0 Å². The van der Waals surface area contributed by atoms with E-state index in [4.69, 9.17) is 4.74 Å². The highest BCUT2D eigenvalue weighted by Gasteiger charge is 2.21. The SMILES string of the molecule is CCN1CCC(CNC(=NC)NCCOC2CCCCCC2)C1.I. The van der Waals surface area contributed by atoms with Crippen LogP contribution in [0.4, 0.5) is 0 Å². The Morgan fingerprint density at radius 3 is 2.50 bits per heavy atom. The summed E-state index contributed by atoms with van der Waals surface area (Å²) in [5.41, 5.74) is 0. The van der Waals surface area contributed by atoms with Crippen LogP contribution in [0.3, 0.4) is 0 Å². The lowest BCUT2D eigenvalue weighted by atomic mass is 10.1. The summed E-state index contributed by atoms with van der Waals surface area (Å²) >= 11 is 0. The summed E-state index contributed by atoms with van der Waals surface area (Å²) in [5, 5.41) is 6.84. The summed E-state index contributed by atoms with van der Waals surface area (Å²) in [5.74, 6) is 1.65. The number of nitrogens with zero attached hydrogens (tertiary/aromatic N) is 2. The molecule has 6 heteroatoms. The number of guanidine groups is 1. The molecule has 0 bridgehead atoms. The molecule has 0 spiro atoms. The summed E-state index contributed by atoms with van der Waals surface area (Å²) in [4.78, 5) is 6.83. The van der Waals surface area contributed by atoms with E-state index in [0.29, 0.717) is 6.10 Å². The van der Waals surface area contributed by atoms with Gasteiger partial charge < -0.3 is 20.3 Å². The van der Waals surface area contributed by atoms with Crippen LogP contribution in [-0.4, -0.2) is 63.3 Å². The maximum atomic E-state index is 6.01. The van der Waals surface area contributed by atoms with Crippen molar-refractivity contribution >= 4 is 29.9 Å². The molecule has 1 saturated heterocycles. The summed E-state index contributed by atoms with van der Waals surface area (Å²) in [6, 6.07) is 0. The molecule has 5 nitrogen and oxygen atoms in total. The fourth-order valence-corrected chi connectivity index (χ4v) is 3.63. The van der Waals surface area contributed by atoms with Crippen molar-refractivity contribution in [1.29, 1.82) is 0 Å². The molecule has 0 aromatic carbocycles. The van der Waals surface area contributed by atoms with Crippen molar-refractivity contribution in [2.24, 2.45) is 10.9 Å². The van der Waals surface area contributed by atoms with Crippen LogP contribution in [0.15, 0.2) is 4.99 Å². The van der Waals surface area contributed by atoms with Gasteiger partial charge in [-0.2, -0.15) is 0 Å². The molecular weight excluding hydrogens is 415 g/mol. The maximum Gasteiger partial charge on any atom is 0.191 e. The Kier molecular flexibility index (Phi) is 12.0. The Morgan fingerprint density at radius 1 is 1.12 bits per heavy atom. The standard InChI is InChI=1S/C18H36N4O.HI/c1-3-22-12-10-16(15-22)14-21-18(19-2)20-11-13-23-17-8-6-4-5-7-9-17;/h16-17H,3-15H2,1-2H3,(H2,19,20,21);1H. The molecule has 0 radical (unpaired) electrons. The van der Waals surface area contributed by atoms with Gasteiger partial charge in [-0.1, -0.05) is 32.6 Å². The third kappa shape index (κ3) is 8.34. The van der Waals surface area contributed by atoms with Crippen LogP contribution >= 0.6 is 24.0 Å². The van der Waals surface area contributed by atoms with Crippen LogP contribution in [0, 0.1) is 5.92 Å². The quantitative estimate of drug-likeness (QED) is 0.205. The molecule has 142 valence electrons. The number of nitrogens with one attached hydrogen (secondary N) is 2. The minimum absolute atomic E-state index is 0. The Hall–Kier alpha value is -0.0800. The number of halogens is 1. The van der Waals surface area contributed by atoms with Gasteiger partial charge in [0.2, 0.25) is 0 Å². The van der Waals surface area contributed by atoms with Crippen molar-refractivity contribution in [1.82, 2.24) is 15.5 Å². The Balaban J connectivity index is 0.00000288.